The highest BCUT2D eigenvalue weighted by molar-refractivity contribution is 5.73. The molecule has 1 aliphatic heterocycles. The summed E-state index contributed by atoms with van der Waals surface area (Å²) in [6, 6.07) is 6.02. The minimum Gasteiger partial charge on any atom is -0.481 e. The van der Waals surface area contributed by atoms with E-state index in [4.69, 9.17) is 9.72 Å². The van der Waals surface area contributed by atoms with Gasteiger partial charge in [0.15, 0.2) is 0 Å². The van der Waals surface area contributed by atoms with Gasteiger partial charge in [-0.1, -0.05) is 11.6 Å². The molecule has 1 aliphatic carbocycles. The fourth-order valence-corrected chi connectivity index (χ4v) is 3.77. The van der Waals surface area contributed by atoms with Gasteiger partial charge in [0.25, 0.3) is 11.3 Å². The molecular weight excluding hydrogens is 316 g/mol. The van der Waals surface area contributed by atoms with Crippen LogP contribution in [0.4, 0.5) is 0 Å². The molecule has 5 rings (SSSR count). The summed E-state index contributed by atoms with van der Waals surface area (Å²) in [5.74, 6) is 1.15. The average Bonchev–Trinajstić information content (AvgIpc) is 3.03. The summed E-state index contributed by atoms with van der Waals surface area (Å²) in [7, 11) is 0. The van der Waals surface area contributed by atoms with Crippen LogP contribution in [0, 0.1) is 6.92 Å². The summed E-state index contributed by atoms with van der Waals surface area (Å²) in [6.07, 6.45) is 2.57. The molecular formula is C19H18N4O2. The Morgan fingerprint density at radius 1 is 1.20 bits per heavy atom. The second kappa shape index (κ2) is 4.65. The van der Waals surface area contributed by atoms with Crippen molar-refractivity contribution in [1.82, 2.24) is 19.6 Å². The Hall–Kier alpha value is -2.76. The number of benzene rings is 1. The molecule has 25 heavy (non-hydrogen) atoms. The Kier molecular flexibility index (Phi) is 2.71. The molecule has 1 aromatic carbocycles. The third kappa shape index (κ3) is 1.97. The largest absolute Gasteiger partial charge is 0.481 e. The lowest BCUT2D eigenvalue weighted by Gasteiger charge is -2.33. The third-order valence-electron chi connectivity index (χ3n) is 5.03. The predicted molar refractivity (Wildman–Crippen MR) is 92.9 cm³/mol. The van der Waals surface area contributed by atoms with Crippen LogP contribution in [0.5, 0.6) is 5.75 Å². The van der Waals surface area contributed by atoms with Gasteiger partial charge in [0.2, 0.25) is 0 Å². The molecule has 0 spiro atoms. The van der Waals surface area contributed by atoms with Crippen molar-refractivity contribution >= 4 is 5.78 Å². The molecule has 0 bridgehead atoms. The highest BCUT2D eigenvalue weighted by Crippen LogP contribution is 2.43. The number of ether oxygens (including phenoxy) is 1. The van der Waals surface area contributed by atoms with Gasteiger partial charge in [-0.2, -0.15) is 9.61 Å². The van der Waals surface area contributed by atoms with Gasteiger partial charge in [-0.25, -0.2) is 9.97 Å². The van der Waals surface area contributed by atoms with Crippen LogP contribution in [-0.2, 0) is 18.4 Å². The number of hydrogen-bond acceptors (Lipinski definition) is 5. The minimum absolute atomic E-state index is 0.0985. The van der Waals surface area contributed by atoms with E-state index in [1.807, 2.05) is 39.0 Å². The van der Waals surface area contributed by atoms with E-state index in [-0.39, 0.29) is 5.56 Å². The fourth-order valence-electron chi connectivity index (χ4n) is 3.77. The van der Waals surface area contributed by atoms with Crippen molar-refractivity contribution in [2.45, 2.75) is 45.6 Å². The smallest absolute Gasteiger partial charge is 0.279 e. The molecule has 0 unspecified atom stereocenters. The average molecular weight is 334 g/mol. The molecule has 0 N–H and O–H groups in total. The molecule has 3 aromatic rings. The van der Waals surface area contributed by atoms with E-state index in [1.54, 1.807) is 0 Å². The van der Waals surface area contributed by atoms with E-state index < -0.39 is 5.60 Å². The van der Waals surface area contributed by atoms with E-state index in [0.29, 0.717) is 11.5 Å². The second-order valence-corrected chi connectivity index (χ2v) is 7.33. The minimum atomic E-state index is -0.669. The standard InChI is InChI=1S/C19H18N4O2/c1-10-7-8-14-12(9-10)15-16(19(2,3)25-14)22-23-17(24)11-5-4-6-13(11)20-18(23)21-15/h7-9H,4-6H2,1-3H3. The van der Waals surface area contributed by atoms with E-state index >= 15 is 0 Å². The summed E-state index contributed by atoms with van der Waals surface area (Å²) in [5, 5.41) is 4.63. The molecule has 6 nitrogen and oxygen atoms in total. The number of rotatable bonds is 0. The number of hydrogen-bond donors (Lipinski definition) is 0. The van der Waals surface area contributed by atoms with Gasteiger partial charge in [0.05, 0.1) is 5.69 Å². The number of nitrogens with zero attached hydrogens (tertiary/aromatic N) is 4. The van der Waals surface area contributed by atoms with Crippen LogP contribution in [0.25, 0.3) is 17.0 Å². The summed E-state index contributed by atoms with van der Waals surface area (Å²) in [4.78, 5) is 22.2. The van der Waals surface area contributed by atoms with Crippen LogP contribution < -0.4 is 10.3 Å². The van der Waals surface area contributed by atoms with Gasteiger partial charge < -0.3 is 4.74 Å². The van der Waals surface area contributed by atoms with Crippen molar-refractivity contribution in [2.75, 3.05) is 0 Å². The Labute approximate surface area is 144 Å². The van der Waals surface area contributed by atoms with Crippen LogP contribution in [0.2, 0.25) is 0 Å². The SMILES string of the molecule is Cc1ccc2c(c1)-c1nc3nc4c(c(=O)n3nc1C(C)(C)O2)CCC4. The number of fused-ring (bicyclic) bond motifs is 5. The summed E-state index contributed by atoms with van der Waals surface area (Å²) in [5.41, 5.74) is 4.32. The molecule has 0 saturated carbocycles. The normalized spacial score (nSPS) is 16.9. The van der Waals surface area contributed by atoms with Gasteiger partial charge in [-0.05, 0) is 52.2 Å². The maximum absolute atomic E-state index is 12.8. The lowest BCUT2D eigenvalue weighted by molar-refractivity contribution is 0.0983. The highest BCUT2D eigenvalue weighted by atomic mass is 16.5. The molecule has 0 atom stereocenters. The van der Waals surface area contributed by atoms with Gasteiger partial charge in [0, 0.05) is 11.1 Å². The third-order valence-corrected chi connectivity index (χ3v) is 5.03. The Bertz CT molecular complexity index is 1110. The summed E-state index contributed by atoms with van der Waals surface area (Å²) >= 11 is 0. The zero-order valence-electron chi connectivity index (χ0n) is 14.5. The highest BCUT2D eigenvalue weighted by Gasteiger charge is 2.36. The number of aromatic nitrogens is 4. The van der Waals surface area contributed by atoms with E-state index in [0.717, 1.165) is 53.1 Å². The number of aryl methyl sites for hydroxylation is 2. The molecule has 0 amide bonds. The van der Waals surface area contributed by atoms with E-state index in [1.165, 1.54) is 4.52 Å². The van der Waals surface area contributed by atoms with Crippen LogP contribution >= 0.6 is 0 Å². The maximum Gasteiger partial charge on any atom is 0.279 e. The lowest BCUT2D eigenvalue weighted by Crippen LogP contribution is -2.34. The van der Waals surface area contributed by atoms with E-state index in [9.17, 15) is 4.79 Å². The van der Waals surface area contributed by atoms with Gasteiger partial charge >= 0.3 is 0 Å². The first kappa shape index (κ1) is 14.6. The van der Waals surface area contributed by atoms with Gasteiger partial charge in [-0.3, -0.25) is 4.79 Å². The topological polar surface area (TPSA) is 69.4 Å². The molecule has 2 aromatic heterocycles. The van der Waals surface area contributed by atoms with Crippen LogP contribution in [0.1, 0.15) is 42.8 Å². The lowest BCUT2D eigenvalue weighted by atomic mass is 9.94. The Balaban J connectivity index is 1.89. The fraction of sp³-hybridized carbons (Fsp3) is 0.368. The van der Waals surface area contributed by atoms with Crippen LogP contribution in [0.15, 0.2) is 23.0 Å². The van der Waals surface area contributed by atoms with Crippen LogP contribution in [-0.4, -0.2) is 19.6 Å². The summed E-state index contributed by atoms with van der Waals surface area (Å²) < 4.78 is 7.49. The van der Waals surface area contributed by atoms with E-state index in [2.05, 4.69) is 10.1 Å². The van der Waals surface area contributed by atoms with Crippen molar-refractivity contribution in [3.8, 4) is 17.0 Å². The molecule has 2 aliphatic rings. The van der Waals surface area contributed by atoms with Crippen molar-refractivity contribution < 1.29 is 4.74 Å². The van der Waals surface area contributed by atoms with Crippen molar-refractivity contribution in [1.29, 1.82) is 0 Å². The molecule has 0 saturated heterocycles. The molecule has 0 radical (unpaired) electrons. The zero-order chi connectivity index (χ0) is 17.3. The van der Waals surface area contributed by atoms with Gasteiger partial charge in [0.1, 0.15) is 22.7 Å². The Morgan fingerprint density at radius 2 is 2.04 bits per heavy atom. The molecule has 3 heterocycles. The van der Waals surface area contributed by atoms with Crippen LogP contribution in [0.3, 0.4) is 0 Å². The maximum atomic E-state index is 12.8. The van der Waals surface area contributed by atoms with Gasteiger partial charge in [-0.15, -0.1) is 0 Å². The quantitative estimate of drug-likeness (QED) is 0.632. The zero-order valence-corrected chi connectivity index (χ0v) is 14.5. The van der Waals surface area contributed by atoms with Crippen molar-refractivity contribution in [3.63, 3.8) is 0 Å². The first-order chi connectivity index (χ1) is 11.9. The predicted octanol–water partition coefficient (Wildman–Crippen LogP) is 2.58. The molecule has 126 valence electrons. The molecule has 6 heteroatoms. The second-order valence-electron chi connectivity index (χ2n) is 7.33. The Morgan fingerprint density at radius 3 is 2.88 bits per heavy atom. The van der Waals surface area contributed by atoms with Crippen molar-refractivity contribution in [2.24, 2.45) is 0 Å². The van der Waals surface area contributed by atoms with Crippen molar-refractivity contribution in [3.05, 3.63) is 51.1 Å². The first-order valence-electron chi connectivity index (χ1n) is 8.57. The molecule has 0 fully saturated rings. The summed E-state index contributed by atoms with van der Waals surface area (Å²) in [6.45, 7) is 5.92. The first-order valence-corrected chi connectivity index (χ1v) is 8.57. The monoisotopic (exact) mass is 334 g/mol.